The second-order valence-corrected chi connectivity index (χ2v) is 6.43. The molecule has 2 aromatic rings. The molecule has 7 heteroatoms. The van der Waals surface area contributed by atoms with Crippen LogP contribution in [-0.4, -0.2) is 31.2 Å². The smallest absolute Gasteiger partial charge is 0.214 e. The largest absolute Gasteiger partial charge is 0.496 e. The predicted molar refractivity (Wildman–Crippen MR) is 99.8 cm³/mol. The zero-order chi connectivity index (χ0) is 18.7. The first kappa shape index (κ1) is 18.1. The maximum Gasteiger partial charge on any atom is 0.214 e. The Morgan fingerprint density at radius 2 is 2.08 bits per heavy atom. The molecule has 7 nitrogen and oxygen atoms in total. The fourth-order valence-corrected chi connectivity index (χ4v) is 2.98. The second-order valence-electron chi connectivity index (χ2n) is 6.43. The van der Waals surface area contributed by atoms with Crippen molar-refractivity contribution in [3.63, 3.8) is 0 Å². The maximum atomic E-state index is 5.85. The van der Waals surface area contributed by atoms with Crippen LogP contribution in [0.2, 0.25) is 0 Å². The van der Waals surface area contributed by atoms with Crippen molar-refractivity contribution in [3.8, 4) is 11.5 Å². The third-order valence-electron chi connectivity index (χ3n) is 4.45. The molecule has 0 saturated carbocycles. The van der Waals surface area contributed by atoms with E-state index in [-0.39, 0.29) is 6.10 Å². The first-order valence-electron chi connectivity index (χ1n) is 8.74. The van der Waals surface area contributed by atoms with E-state index >= 15 is 0 Å². The van der Waals surface area contributed by atoms with Gasteiger partial charge in [0, 0.05) is 31.1 Å². The number of fused-ring (bicyclic) bond motifs is 1. The number of benzene rings is 1. The molecule has 1 aromatic heterocycles. The summed E-state index contributed by atoms with van der Waals surface area (Å²) in [6.07, 6.45) is 1.12. The molecule has 1 aliphatic heterocycles. The van der Waals surface area contributed by atoms with E-state index in [4.69, 9.17) is 13.9 Å². The number of aryl methyl sites for hydroxylation is 2. The molecule has 3 rings (SSSR count). The van der Waals surface area contributed by atoms with Gasteiger partial charge in [-0.15, -0.1) is 0 Å². The van der Waals surface area contributed by atoms with Crippen molar-refractivity contribution in [3.05, 3.63) is 40.6 Å². The Morgan fingerprint density at radius 1 is 1.31 bits per heavy atom. The lowest BCUT2D eigenvalue weighted by atomic mass is 10.1. The monoisotopic (exact) mass is 358 g/mol. The van der Waals surface area contributed by atoms with Gasteiger partial charge in [0.25, 0.3) is 0 Å². The predicted octanol–water partition coefficient (Wildman–Crippen LogP) is 2.49. The summed E-state index contributed by atoms with van der Waals surface area (Å²) in [5.74, 6) is 3.92. The Bertz CT molecular complexity index is 794. The van der Waals surface area contributed by atoms with Gasteiger partial charge in [0.1, 0.15) is 23.4 Å². The van der Waals surface area contributed by atoms with Crippen LogP contribution in [-0.2, 0) is 19.5 Å². The summed E-state index contributed by atoms with van der Waals surface area (Å²) in [6.45, 7) is 6.94. The number of hydrogen-bond acceptors (Lipinski definition) is 5. The minimum atomic E-state index is 0.208. The van der Waals surface area contributed by atoms with Gasteiger partial charge in [0.05, 0.1) is 19.3 Å². The molecule has 0 fully saturated rings. The number of nitrogens with zero attached hydrogens (tertiary/aromatic N) is 2. The summed E-state index contributed by atoms with van der Waals surface area (Å²) in [6, 6.07) is 4.10. The number of hydrogen-bond donors (Lipinski definition) is 2. The highest BCUT2D eigenvalue weighted by atomic mass is 16.5. The summed E-state index contributed by atoms with van der Waals surface area (Å²) in [5.41, 5.74) is 3.11. The van der Waals surface area contributed by atoms with E-state index in [0.717, 1.165) is 34.9 Å². The van der Waals surface area contributed by atoms with Gasteiger partial charge in [-0.05, 0) is 32.9 Å². The molecule has 2 heterocycles. The number of ether oxygens (including phenoxy) is 2. The van der Waals surface area contributed by atoms with Crippen LogP contribution in [0.25, 0.3) is 0 Å². The van der Waals surface area contributed by atoms with E-state index in [1.165, 1.54) is 5.56 Å². The fraction of sp³-hybridized carbons (Fsp3) is 0.474. The molecule has 2 N–H and O–H groups in total. The van der Waals surface area contributed by atoms with Crippen LogP contribution >= 0.6 is 0 Å². The molecule has 1 atom stereocenters. The quantitative estimate of drug-likeness (QED) is 0.631. The molecular formula is C19H26N4O3. The van der Waals surface area contributed by atoms with Gasteiger partial charge in [0.2, 0.25) is 5.89 Å². The highest BCUT2D eigenvalue weighted by molar-refractivity contribution is 5.79. The average molecular weight is 358 g/mol. The summed E-state index contributed by atoms with van der Waals surface area (Å²) >= 11 is 0. The van der Waals surface area contributed by atoms with Crippen LogP contribution in [0.15, 0.2) is 21.5 Å². The SMILES string of the molecule is CN=C(NCc1nc(C)c(C)o1)NCc1cc2c(cc1OC)CC(C)O2. The van der Waals surface area contributed by atoms with Crippen LogP contribution in [0.1, 0.15) is 35.4 Å². The number of rotatable bonds is 5. The fourth-order valence-electron chi connectivity index (χ4n) is 2.98. The van der Waals surface area contributed by atoms with Crippen molar-refractivity contribution >= 4 is 5.96 Å². The second kappa shape index (κ2) is 7.68. The van der Waals surface area contributed by atoms with Crippen LogP contribution < -0.4 is 20.1 Å². The molecule has 0 amide bonds. The van der Waals surface area contributed by atoms with E-state index in [1.54, 1.807) is 14.2 Å². The molecule has 1 unspecified atom stereocenters. The molecule has 0 spiro atoms. The van der Waals surface area contributed by atoms with Gasteiger partial charge in [-0.1, -0.05) is 0 Å². The van der Waals surface area contributed by atoms with E-state index in [9.17, 15) is 0 Å². The van der Waals surface area contributed by atoms with E-state index in [0.29, 0.717) is 24.9 Å². The van der Waals surface area contributed by atoms with Crippen molar-refractivity contribution in [1.29, 1.82) is 0 Å². The Hall–Kier alpha value is -2.70. The molecule has 1 aromatic carbocycles. The van der Waals surface area contributed by atoms with Gasteiger partial charge in [-0.3, -0.25) is 4.99 Å². The summed E-state index contributed by atoms with van der Waals surface area (Å²) in [4.78, 5) is 8.60. The first-order chi connectivity index (χ1) is 12.5. The minimum absolute atomic E-state index is 0.208. The third kappa shape index (κ3) is 3.92. The van der Waals surface area contributed by atoms with Gasteiger partial charge >= 0.3 is 0 Å². The van der Waals surface area contributed by atoms with Crippen molar-refractivity contribution in [2.75, 3.05) is 14.2 Å². The van der Waals surface area contributed by atoms with Crippen molar-refractivity contribution in [2.24, 2.45) is 4.99 Å². The van der Waals surface area contributed by atoms with Crippen molar-refractivity contribution < 1.29 is 13.9 Å². The normalized spacial score (nSPS) is 16.2. The van der Waals surface area contributed by atoms with Gasteiger partial charge in [0.15, 0.2) is 5.96 Å². The summed E-state index contributed by atoms with van der Waals surface area (Å²) < 4.78 is 17.0. The zero-order valence-electron chi connectivity index (χ0n) is 16.0. The van der Waals surface area contributed by atoms with Gasteiger partial charge in [-0.2, -0.15) is 0 Å². The number of oxazole rings is 1. The summed E-state index contributed by atoms with van der Waals surface area (Å²) in [5, 5.41) is 6.49. The molecule has 0 bridgehead atoms. The molecule has 26 heavy (non-hydrogen) atoms. The number of nitrogens with one attached hydrogen (secondary N) is 2. The zero-order valence-corrected chi connectivity index (χ0v) is 16.0. The molecule has 0 aliphatic carbocycles. The number of aliphatic imine (C=N–C) groups is 1. The Kier molecular flexibility index (Phi) is 5.35. The van der Waals surface area contributed by atoms with Crippen LogP contribution in [0.5, 0.6) is 11.5 Å². The third-order valence-corrected chi connectivity index (χ3v) is 4.45. The Labute approximate surface area is 153 Å². The highest BCUT2D eigenvalue weighted by Crippen LogP contribution is 2.34. The minimum Gasteiger partial charge on any atom is -0.496 e. The Balaban J connectivity index is 1.62. The molecular weight excluding hydrogens is 332 g/mol. The lowest BCUT2D eigenvalue weighted by Gasteiger charge is -2.14. The van der Waals surface area contributed by atoms with Crippen molar-refractivity contribution in [1.82, 2.24) is 15.6 Å². The Morgan fingerprint density at radius 3 is 2.73 bits per heavy atom. The van der Waals surface area contributed by atoms with Crippen LogP contribution in [0.4, 0.5) is 0 Å². The molecule has 140 valence electrons. The van der Waals surface area contributed by atoms with Gasteiger partial charge < -0.3 is 24.5 Å². The standard InChI is InChI=1S/C19H26N4O3/c1-11-6-14-7-16(24-5)15(8-17(14)25-11)9-21-19(20-4)22-10-18-23-12(2)13(3)26-18/h7-8,11H,6,9-10H2,1-5H3,(H2,20,21,22). The average Bonchev–Trinajstić information content (AvgIpc) is 3.14. The van der Waals surface area contributed by atoms with Gasteiger partial charge in [-0.25, -0.2) is 4.98 Å². The van der Waals surface area contributed by atoms with Crippen LogP contribution in [0.3, 0.4) is 0 Å². The molecule has 0 radical (unpaired) electrons. The van der Waals surface area contributed by atoms with Crippen LogP contribution in [0, 0.1) is 13.8 Å². The highest BCUT2D eigenvalue weighted by Gasteiger charge is 2.21. The lowest BCUT2D eigenvalue weighted by Crippen LogP contribution is -2.36. The van der Waals surface area contributed by atoms with Crippen molar-refractivity contribution in [2.45, 2.75) is 46.4 Å². The number of aromatic nitrogens is 1. The number of methoxy groups -OCH3 is 1. The molecule has 0 saturated heterocycles. The topological polar surface area (TPSA) is 80.9 Å². The first-order valence-corrected chi connectivity index (χ1v) is 8.74. The summed E-state index contributed by atoms with van der Waals surface area (Å²) in [7, 11) is 3.41. The lowest BCUT2D eigenvalue weighted by molar-refractivity contribution is 0.254. The maximum absolute atomic E-state index is 5.85. The molecule has 1 aliphatic rings. The number of guanidine groups is 1. The van der Waals surface area contributed by atoms with E-state index in [1.807, 2.05) is 19.9 Å². The van der Waals surface area contributed by atoms with E-state index in [2.05, 4.69) is 33.6 Å². The van der Waals surface area contributed by atoms with E-state index < -0.39 is 0 Å².